The van der Waals surface area contributed by atoms with Gasteiger partial charge >= 0.3 is 16.4 Å². The first-order chi connectivity index (χ1) is 12.8. The Kier molecular flexibility index (Phi) is 5.21. The van der Waals surface area contributed by atoms with Gasteiger partial charge in [-0.2, -0.15) is 13.5 Å². The van der Waals surface area contributed by atoms with Crippen molar-refractivity contribution in [2.24, 2.45) is 0 Å². The Morgan fingerprint density at radius 3 is 2.64 bits per heavy atom. The van der Waals surface area contributed by atoms with Crippen LogP contribution in [0.1, 0.15) is 26.6 Å². The first-order valence-corrected chi connectivity index (χ1v) is 13.2. The second kappa shape index (κ2) is 6.95. The average Bonchev–Trinajstić information content (AvgIpc) is 3.10. The summed E-state index contributed by atoms with van der Waals surface area (Å²) in [5, 5.41) is 0.741. The Labute approximate surface area is 165 Å². The van der Waals surface area contributed by atoms with Crippen LogP contribution in [-0.4, -0.2) is 66.0 Å². The van der Waals surface area contributed by atoms with Crippen molar-refractivity contribution in [3.63, 3.8) is 0 Å². The first-order valence-electron chi connectivity index (χ1n) is 8.91. The van der Waals surface area contributed by atoms with Crippen molar-refractivity contribution in [2.75, 3.05) is 13.1 Å². The van der Waals surface area contributed by atoms with Crippen LogP contribution in [0.25, 0.3) is 5.70 Å². The number of aromatic nitrogens is 2. The molecule has 156 valence electrons. The van der Waals surface area contributed by atoms with Crippen molar-refractivity contribution >= 4 is 30.4 Å². The molecule has 1 N–H and O–H groups in total. The fourth-order valence-corrected chi connectivity index (χ4v) is 4.19. The van der Waals surface area contributed by atoms with Gasteiger partial charge in [-0.25, -0.2) is 9.78 Å². The third kappa shape index (κ3) is 4.15. The molecular formula is C16H26N4O6SSi. The molecule has 1 aromatic heterocycles. The van der Waals surface area contributed by atoms with Crippen LogP contribution in [0.5, 0.6) is 0 Å². The van der Waals surface area contributed by atoms with Gasteiger partial charge in [0.25, 0.3) is 0 Å². The molecule has 1 saturated heterocycles. The molecule has 2 aliphatic heterocycles. The van der Waals surface area contributed by atoms with Gasteiger partial charge in [-0.3, -0.25) is 4.55 Å². The van der Waals surface area contributed by atoms with Crippen LogP contribution >= 0.6 is 0 Å². The lowest BCUT2D eigenvalue weighted by Gasteiger charge is -2.36. The molecule has 1 fully saturated rings. The minimum absolute atomic E-state index is 0.0688. The molecule has 0 radical (unpaired) electrons. The molecule has 28 heavy (non-hydrogen) atoms. The van der Waals surface area contributed by atoms with Gasteiger partial charge in [0.2, 0.25) is 0 Å². The molecule has 1 unspecified atom stereocenters. The van der Waals surface area contributed by atoms with Gasteiger partial charge in [0.05, 0.1) is 13.2 Å². The van der Waals surface area contributed by atoms with Gasteiger partial charge in [0, 0.05) is 24.6 Å². The zero-order chi connectivity index (χ0) is 20.9. The maximum atomic E-state index is 12.3. The number of hydrogen-bond acceptors (Lipinski definition) is 6. The highest BCUT2D eigenvalue weighted by Crippen LogP contribution is 2.37. The zero-order valence-electron chi connectivity index (χ0n) is 16.6. The molecule has 1 aromatic rings. The Hall–Kier alpha value is -1.73. The third-order valence-corrected chi connectivity index (χ3v) is 10.3. The molecule has 2 amide bonds. The topological polar surface area (TPSA) is 114 Å². The molecule has 12 heteroatoms. The van der Waals surface area contributed by atoms with Gasteiger partial charge < -0.3 is 13.9 Å². The summed E-state index contributed by atoms with van der Waals surface area (Å²) in [6.07, 6.45) is 5.18. The monoisotopic (exact) mass is 430 g/mol. The van der Waals surface area contributed by atoms with E-state index in [0.717, 1.165) is 5.70 Å². The summed E-state index contributed by atoms with van der Waals surface area (Å²) in [4.78, 5) is 18.1. The number of hydrogen-bond donors (Lipinski definition) is 1. The SMILES string of the molecule is CC(C)(C)[Si](C)(C)OCc1nccn1C1=CC2CN(C1)C(=O)N2OS(=O)(=O)O. The van der Waals surface area contributed by atoms with E-state index in [-0.39, 0.29) is 18.1 Å². The molecular weight excluding hydrogens is 404 g/mol. The van der Waals surface area contributed by atoms with E-state index in [1.807, 2.05) is 4.57 Å². The maximum Gasteiger partial charge on any atom is 0.418 e. The van der Waals surface area contributed by atoms with Gasteiger partial charge in [0.15, 0.2) is 8.32 Å². The van der Waals surface area contributed by atoms with E-state index in [9.17, 15) is 13.2 Å². The lowest BCUT2D eigenvalue weighted by Crippen LogP contribution is -2.40. The number of hydroxylamine groups is 2. The van der Waals surface area contributed by atoms with Gasteiger partial charge in [-0.1, -0.05) is 20.8 Å². The molecule has 3 rings (SSSR count). The molecule has 2 aliphatic rings. The van der Waals surface area contributed by atoms with Crippen molar-refractivity contribution in [1.82, 2.24) is 19.5 Å². The molecule has 0 saturated carbocycles. The summed E-state index contributed by atoms with van der Waals surface area (Å²) in [5.41, 5.74) is 0.761. The Morgan fingerprint density at radius 2 is 2.04 bits per heavy atom. The van der Waals surface area contributed by atoms with E-state index >= 15 is 0 Å². The van der Waals surface area contributed by atoms with Crippen LogP contribution in [0.2, 0.25) is 18.1 Å². The number of carbonyl (C=O) groups excluding carboxylic acids is 1. The number of amides is 2. The fraction of sp³-hybridized carbons (Fsp3) is 0.625. The van der Waals surface area contributed by atoms with Crippen LogP contribution in [0, 0.1) is 0 Å². The van der Waals surface area contributed by atoms with Crippen LogP contribution < -0.4 is 0 Å². The lowest BCUT2D eigenvalue weighted by atomic mass is 10.2. The van der Waals surface area contributed by atoms with E-state index in [0.29, 0.717) is 17.5 Å². The van der Waals surface area contributed by atoms with Crippen molar-refractivity contribution in [3.05, 3.63) is 24.3 Å². The summed E-state index contributed by atoms with van der Waals surface area (Å²) in [5.74, 6) is 0.702. The predicted octanol–water partition coefficient (Wildman–Crippen LogP) is 2.10. The van der Waals surface area contributed by atoms with Crippen molar-refractivity contribution in [1.29, 1.82) is 0 Å². The predicted molar refractivity (Wildman–Crippen MR) is 104 cm³/mol. The minimum atomic E-state index is -4.78. The van der Waals surface area contributed by atoms with Crippen LogP contribution in [-0.2, 0) is 25.7 Å². The molecule has 0 aromatic carbocycles. The normalized spacial score (nSPS) is 20.7. The van der Waals surface area contributed by atoms with Crippen LogP contribution in [0.3, 0.4) is 0 Å². The second-order valence-corrected chi connectivity index (χ2v) is 14.3. The summed E-state index contributed by atoms with van der Waals surface area (Å²) in [6.45, 7) is 11.7. The molecule has 1 atom stereocenters. The lowest BCUT2D eigenvalue weighted by molar-refractivity contribution is -0.0183. The smallest absolute Gasteiger partial charge is 0.409 e. The largest absolute Gasteiger partial charge is 0.418 e. The minimum Gasteiger partial charge on any atom is -0.409 e. The zero-order valence-corrected chi connectivity index (χ0v) is 18.4. The van der Waals surface area contributed by atoms with Crippen LogP contribution in [0.4, 0.5) is 4.79 Å². The van der Waals surface area contributed by atoms with Crippen molar-refractivity contribution < 1.29 is 26.5 Å². The number of rotatable bonds is 6. The van der Waals surface area contributed by atoms with E-state index < -0.39 is 30.8 Å². The van der Waals surface area contributed by atoms with E-state index in [1.54, 1.807) is 18.5 Å². The Bertz CT molecular complexity index is 904. The highest BCUT2D eigenvalue weighted by molar-refractivity contribution is 7.80. The number of carbonyl (C=O) groups is 1. The molecule has 0 aliphatic carbocycles. The second-order valence-electron chi connectivity index (χ2n) is 8.48. The number of imidazole rings is 1. The average molecular weight is 431 g/mol. The molecule has 3 heterocycles. The Balaban J connectivity index is 1.80. The van der Waals surface area contributed by atoms with Gasteiger partial charge in [-0.15, -0.1) is 4.28 Å². The van der Waals surface area contributed by atoms with Crippen LogP contribution in [0.15, 0.2) is 18.5 Å². The first kappa shape index (κ1) is 21.0. The quantitative estimate of drug-likeness (QED) is 0.543. The standard InChI is InChI=1S/C16H26N4O6SSi/c1-16(2,3)28(4,5)25-11-14-17-6-7-19(14)12-8-13-10-18(9-12)15(21)20(13)26-27(22,23)24/h6-8,13H,9-11H2,1-5H3,(H,22,23,24). The highest BCUT2D eigenvalue weighted by Gasteiger charge is 2.43. The molecule has 0 spiro atoms. The number of urea groups is 1. The molecule has 10 nitrogen and oxygen atoms in total. The van der Waals surface area contributed by atoms with Crippen molar-refractivity contribution in [2.45, 2.75) is 51.6 Å². The fourth-order valence-electron chi connectivity index (χ4n) is 2.89. The Morgan fingerprint density at radius 1 is 1.36 bits per heavy atom. The van der Waals surface area contributed by atoms with E-state index in [1.165, 1.54) is 4.90 Å². The van der Waals surface area contributed by atoms with Crippen molar-refractivity contribution in [3.8, 4) is 0 Å². The van der Waals surface area contributed by atoms with E-state index in [4.69, 9.17) is 8.98 Å². The van der Waals surface area contributed by atoms with Gasteiger partial charge in [0.1, 0.15) is 11.9 Å². The maximum absolute atomic E-state index is 12.3. The summed E-state index contributed by atoms with van der Waals surface area (Å²) < 4.78 is 43.5. The third-order valence-electron chi connectivity index (χ3n) is 5.47. The number of fused-ring (bicyclic) bond motifs is 2. The summed E-state index contributed by atoms with van der Waals surface area (Å²) >= 11 is 0. The number of nitrogens with zero attached hydrogens (tertiary/aromatic N) is 4. The van der Waals surface area contributed by atoms with Gasteiger partial charge in [-0.05, 0) is 24.2 Å². The summed E-state index contributed by atoms with van der Waals surface area (Å²) in [7, 11) is -6.74. The summed E-state index contributed by atoms with van der Waals surface area (Å²) in [6, 6.07) is -1.25. The van der Waals surface area contributed by atoms with E-state index in [2.05, 4.69) is 43.1 Å². The highest BCUT2D eigenvalue weighted by atomic mass is 32.3. The molecule has 2 bridgehead atoms.